The van der Waals surface area contributed by atoms with E-state index in [-0.39, 0.29) is 30.3 Å². The van der Waals surface area contributed by atoms with E-state index in [1.54, 1.807) is 30.5 Å². The Bertz CT molecular complexity index is 1110. The van der Waals surface area contributed by atoms with Crippen molar-refractivity contribution < 1.29 is 14.4 Å². The third-order valence-corrected chi connectivity index (χ3v) is 5.87. The van der Waals surface area contributed by atoms with Crippen molar-refractivity contribution in [2.24, 2.45) is 0 Å². The largest absolute Gasteiger partial charge is 0.352 e. The molecule has 8 heteroatoms. The zero-order chi connectivity index (χ0) is 23.8. The van der Waals surface area contributed by atoms with Crippen molar-refractivity contribution in [3.05, 3.63) is 84.2 Å². The maximum atomic E-state index is 13.1. The highest BCUT2D eigenvalue weighted by Crippen LogP contribution is 2.17. The molecule has 0 aliphatic heterocycles. The molecule has 1 saturated carbocycles. The van der Waals surface area contributed by atoms with Crippen molar-refractivity contribution in [1.29, 1.82) is 0 Å². The van der Waals surface area contributed by atoms with Crippen LogP contribution in [-0.2, 0) is 22.6 Å². The molecule has 176 valence electrons. The molecule has 3 amide bonds. The Balaban J connectivity index is 1.39. The number of aromatic nitrogens is 2. The van der Waals surface area contributed by atoms with Gasteiger partial charge in [0.2, 0.25) is 11.8 Å². The zero-order valence-electron chi connectivity index (χ0n) is 18.9. The van der Waals surface area contributed by atoms with Crippen LogP contribution in [0.4, 0.5) is 5.69 Å². The van der Waals surface area contributed by atoms with Gasteiger partial charge in [0.05, 0.1) is 11.9 Å². The number of hydrogen-bond donors (Lipinski definition) is 3. The number of nitrogens with one attached hydrogen (secondary N) is 3. The summed E-state index contributed by atoms with van der Waals surface area (Å²) in [5, 5.41) is 12.9. The van der Waals surface area contributed by atoms with Crippen LogP contribution in [0.15, 0.2) is 73.1 Å². The summed E-state index contributed by atoms with van der Waals surface area (Å²) in [5.41, 5.74) is 1.87. The summed E-state index contributed by atoms with van der Waals surface area (Å²) >= 11 is 0. The maximum Gasteiger partial charge on any atom is 0.251 e. The second kappa shape index (κ2) is 11.3. The van der Waals surface area contributed by atoms with E-state index in [9.17, 15) is 14.4 Å². The lowest BCUT2D eigenvalue weighted by Crippen LogP contribution is -2.45. The van der Waals surface area contributed by atoms with Crippen LogP contribution in [0.5, 0.6) is 0 Å². The van der Waals surface area contributed by atoms with Gasteiger partial charge < -0.3 is 16.0 Å². The molecule has 1 aromatic heterocycles. The lowest BCUT2D eigenvalue weighted by Gasteiger charge is -2.18. The molecule has 0 saturated heterocycles. The minimum Gasteiger partial charge on any atom is -0.352 e. The van der Waals surface area contributed by atoms with Gasteiger partial charge in [0.15, 0.2) is 0 Å². The van der Waals surface area contributed by atoms with Crippen molar-refractivity contribution >= 4 is 23.4 Å². The molecule has 1 atom stereocenters. The molecule has 0 spiro atoms. The second-order valence-electron chi connectivity index (χ2n) is 8.55. The summed E-state index contributed by atoms with van der Waals surface area (Å²) < 4.78 is 1.49. The minimum atomic E-state index is -0.788. The number of carbonyl (C=O) groups excluding carboxylic acids is 3. The van der Waals surface area contributed by atoms with Gasteiger partial charge in [0.1, 0.15) is 12.6 Å². The third-order valence-electron chi connectivity index (χ3n) is 5.87. The molecule has 0 radical (unpaired) electrons. The van der Waals surface area contributed by atoms with E-state index in [1.807, 2.05) is 36.4 Å². The first-order chi connectivity index (χ1) is 16.6. The standard InChI is InChI=1S/C26H29N5O3/c32-24(28-21-13-7-8-14-21)18-31-17-22(16-27-31)29-26(34)23(15-19-9-3-1-4-10-19)30-25(33)20-11-5-2-6-12-20/h1-6,9-12,16-17,21,23H,7-8,13-15,18H2,(H,28,32)(H,29,34)(H,30,33). The summed E-state index contributed by atoms with van der Waals surface area (Å²) in [6.45, 7) is 0.0879. The van der Waals surface area contributed by atoms with Crippen LogP contribution in [0.3, 0.4) is 0 Å². The first-order valence-corrected chi connectivity index (χ1v) is 11.6. The predicted molar refractivity (Wildman–Crippen MR) is 129 cm³/mol. The second-order valence-corrected chi connectivity index (χ2v) is 8.55. The summed E-state index contributed by atoms with van der Waals surface area (Å²) in [6, 6.07) is 17.8. The molecular formula is C26H29N5O3. The van der Waals surface area contributed by atoms with Gasteiger partial charge in [-0.25, -0.2) is 0 Å². The van der Waals surface area contributed by atoms with Gasteiger partial charge in [-0.15, -0.1) is 0 Å². The van der Waals surface area contributed by atoms with Gasteiger partial charge >= 0.3 is 0 Å². The highest BCUT2D eigenvalue weighted by molar-refractivity contribution is 6.01. The average molecular weight is 460 g/mol. The van der Waals surface area contributed by atoms with Crippen molar-refractivity contribution in [3.63, 3.8) is 0 Å². The van der Waals surface area contributed by atoms with E-state index in [4.69, 9.17) is 0 Å². The number of amides is 3. The van der Waals surface area contributed by atoms with E-state index in [1.165, 1.54) is 10.9 Å². The molecule has 2 aromatic carbocycles. The summed E-state index contributed by atoms with van der Waals surface area (Å²) in [5.74, 6) is -0.774. The molecule has 1 fully saturated rings. The number of benzene rings is 2. The molecule has 3 N–H and O–H groups in total. The van der Waals surface area contributed by atoms with Gasteiger partial charge in [-0.2, -0.15) is 5.10 Å². The highest BCUT2D eigenvalue weighted by atomic mass is 16.2. The minimum absolute atomic E-state index is 0.0879. The highest BCUT2D eigenvalue weighted by Gasteiger charge is 2.23. The van der Waals surface area contributed by atoms with Gasteiger partial charge in [-0.1, -0.05) is 61.4 Å². The van der Waals surface area contributed by atoms with Crippen molar-refractivity contribution in [2.75, 3.05) is 5.32 Å². The molecular weight excluding hydrogens is 430 g/mol. The summed E-state index contributed by atoms with van der Waals surface area (Å²) in [4.78, 5) is 38.1. The van der Waals surface area contributed by atoms with Crippen LogP contribution < -0.4 is 16.0 Å². The maximum absolute atomic E-state index is 13.1. The first kappa shape index (κ1) is 23.2. The van der Waals surface area contributed by atoms with Gasteiger partial charge in [0.25, 0.3) is 5.91 Å². The van der Waals surface area contributed by atoms with Gasteiger partial charge in [-0.05, 0) is 30.5 Å². The van der Waals surface area contributed by atoms with Crippen molar-refractivity contribution in [2.45, 2.75) is 50.7 Å². The third kappa shape index (κ3) is 6.54. The van der Waals surface area contributed by atoms with Gasteiger partial charge in [0, 0.05) is 24.2 Å². The number of carbonyl (C=O) groups is 3. The van der Waals surface area contributed by atoms with E-state index in [0.717, 1.165) is 31.2 Å². The predicted octanol–water partition coefficient (Wildman–Crippen LogP) is 2.92. The Hall–Kier alpha value is -3.94. The average Bonchev–Trinajstić information content (AvgIpc) is 3.52. The molecule has 4 rings (SSSR count). The Morgan fingerprint density at radius 3 is 2.35 bits per heavy atom. The van der Waals surface area contributed by atoms with Crippen LogP contribution in [0, 0.1) is 0 Å². The Labute approximate surface area is 198 Å². The van der Waals surface area contributed by atoms with E-state index < -0.39 is 6.04 Å². The molecule has 3 aromatic rings. The fraction of sp³-hybridized carbons (Fsp3) is 0.308. The van der Waals surface area contributed by atoms with E-state index >= 15 is 0 Å². The Morgan fingerprint density at radius 2 is 1.65 bits per heavy atom. The normalized spacial score (nSPS) is 14.4. The molecule has 1 aliphatic rings. The molecule has 0 bridgehead atoms. The number of rotatable bonds is 9. The molecule has 34 heavy (non-hydrogen) atoms. The van der Waals surface area contributed by atoms with Crippen molar-refractivity contribution in [3.8, 4) is 0 Å². The topological polar surface area (TPSA) is 105 Å². The van der Waals surface area contributed by atoms with Crippen LogP contribution in [-0.4, -0.2) is 39.6 Å². The lowest BCUT2D eigenvalue weighted by atomic mass is 10.0. The fourth-order valence-corrected chi connectivity index (χ4v) is 4.12. The SMILES string of the molecule is O=C(Cn1cc(NC(=O)C(Cc2ccccc2)NC(=O)c2ccccc2)cn1)NC1CCCC1. The van der Waals surface area contributed by atoms with E-state index in [0.29, 0.717) is 17.7 Å². The zero-order valence-corrected chi connectivity index (χ0v) is 18.9. The smallest absolute Gasteiger partial charge is 0.251 e. The fourth-order valence-electron chi connectivity index (χ4n) is 4.12. The first-order valence-electron chi connectivity index (χ1n) is 11.6. The van der Waals surface area contributed by atoms with Gasteiger partial charge in [-0.3, -0.25) is 19.1 Å². The molecule has 1 aliphatic carbocycles. The lowest BCUT2D eigenvalue weighted by molar-refractivity contribution is -0.122. The number of nitrogens with zero attached hydrogens (tertiary/aromatic N) is 2. The number of anilines is 1. The van der Waals surface area contributed by atoms with Crippen LogP contribution >= 0.6 is 0 Å². The monoisotopic (exact) mass is 459 g/mol. The van der Waals surface area contributed by atoms with Crippen LogP contribution in [0.1, 0.15) is 41.6 Å². The Morgan fingerprint density at radius 1 is 0.971 bits per heavy atom. The number of hydrogen-bond acceptors (Lipinski definition) is 4. The van der Waals surface area contributed by atoms with Crippen LogP contribution in [0.2, 0.25) is 0 Å². The van der Waals surface area contributed by atoms with Crippen molar-refractivity contribution in [1.82, 2.24) is 20.4 Å². The summed E-state index contributed by atoms with van der Waals surface area (Å²) in [6.07, 6.45) is 7.78. The Kier molecular flexibility index (Phi) is 7.70. The van der Waals surface area contributed by atoms with Crippen LogP contribution in [0.25, 0.3) is 0 Å². The molecule has 8 nitrogen and oxygen atoms in total. The molecule has 1 heterocycles. The summed E-state index contributed by atoms with van der Waals surface area (Å²) in [7, 11) is 0. The molecule has 1 unspecified atom stereocenters. The quantitative estimate of drug-likeness (QED) is 0.458. The van der Waals surface area contributed by atoms with E-state index in [2.05, 4.69) is 21.0 Å².